The highest BCUT2D eigenvalue weighted by Crippen LogP contribution is 2.16. The van der Waals surface area contributed by atoms with Crippen LogP contribution in [0.1, 0.15) is 11.4 Å². The SMILES string of the molecule is Cc1cc(N2CC[N]CC2)cc(C)n1. The van der Waals surface area contributed by atoms with Gasteiger partial charge >= 0.3 is 0 Å². The van der Waals surface area contributed by atoms with E-state index in [0.29, 0.717) is 0 Å². The third-order valence-corrected chi connectivity index (χ3v) is 2.49. The monoisotopic (exact) mass is 190 g/mol. The van der Waals surface area contributed by atoms with E-state index in [4.69, 9.17) is 0 Å². The van der Waals surface area contributed by atoms with Crippen molar-refractivity contribution in [3.8, 4) is 0 Å². The van der Waals surface area contributed by atoms with Gasteiger partial charge in [0.05, 0.1) is 0 Å². The molecule has 1 radical (unpaired) electrons. The highest BCUT2D eigenvalue weighted by molar-refractivity contribution is 5.48. The third-order valence-electron chi connectivity index (χ3n) is 2.49. The second kappa shape index (κ2) is 3.96. The van der Waals surface area contributed by atoms with E-state index in [-0.39, 0.29) is 0 Å². The maximum atomic E-state index is 4.38. The molecule has 1 aromatic heterocycles. The van der Waals surface area contributed by atoms with Gasteiger partial charge in [0.25, 0.3) is 0 Å². The lowest BCUT2D eigenvalue weighted by atomic mass is 10.2. The normalized spacial score (nSPS) is 17.1. The molecule has 2 heterocycles. The van der Waals surface area contributed by atoms with Crippen molar-refractivity contribution in [2.24, 2.45) is 0 Å². The van der Waals surface area contributed by atoms with Gasteiger partial charge in [-0.2, -0.15) is 0 Å². The minimum atomic E-state index is 0.959. The van der Waals surface area contributed by atoms with Gasteiger partial charge in [-0.15, -0.1) is 0 Å². The van der Waals surface area contributed by atoms with Crippen molar-refractivity contribution < 1.29 is 0 Å². The average molecular weight is 190 g/mol. The lowest BCUT2D eigenvalue weighted by molar-refractivity contribution is 0.578. The van der Waals surface area contributed by atoms with Crippen molar-refractivity contribution in [2.45, 2.75) is 13.8 Å². The summed E-state index contributed by atoms with van der Waals surface area (Å²) in [7, 11) is 0. The summed E-state index contributed by atoms with van der Waals surface area (Å²) in [5, 5.41) is 4.34. The van der Waals surface area contributed by atoms with Crippen molar-refractivity contribution in [3.63, 3.8) is 0 Å². The van der Waals surface area contributed by atoms with E-state index in [0.717, 1.165) is 37.6 Å². The standard InChI is InChI=1S/C11H16N3/c1-9-7-11(8-10(2)13-9)14-5-3-12-4-6-14/h7-8H,3-6H2,1-2H3. The zero-order chi connectivity index (χ0) is 9.97. The minimum Gasteiger partial charge on any atom is -0.369 e. The molecule has 1 aliphatic heterocycles. The predicted octanol–water partition coefficient (Wildman–Crippen LogP) is 1.12. The Kier molecular flexibility index (Phi) is 2.68. The summed E-state index contributed by atoms with van der Waals surface area (Å²) in [6.45, 7) is 8.10. The average Bonchev–Trinajstić information content (AvgIpc) is 2.18. The van der Waals surface area contributed by atoms with Crippen LogP contribution in [0.25, 0.3) is 0 Å². The smallest absolute Gasteiger partial charge is 0.0403 e. The molecular weight excluding hydrogens is 174 g/mol. The topological polar surface area (TPSA) is 30.2 Å². The first-order chi connectivity index (χ1) is 6.75. The van der Waals surface area contributed by atoms with Crippen LogP contribution in [0.3, 0.4) is 0 Å². The Hall–Kier alpha value is -1.09. The van der Waals surface area contributed by atoms with Crippen molar-refractivity contribution in [2.75, 3.05) is 31.1 Å². The Morgan fingerprint density at radius 1 is 1.07 bits per heavy atom. The van der Waals surface area contributed by atoms with Crippen LogP contribution in [0.5, 0.6) is 0 Å². The molecule has 1 fully saturated rings. The fourth-order valence-corrected chi connectivity index (χ4v) is 1.86. The van der Waals surface area contributed by atoms with Crippen LogP contribution >= 0.6 is 0 Å². The number of anilines is 1. The fraction of sp³-hybridized carbons (Fsp3) is 0.545. The van der Waals surface area contributed by atoms with E-state index in [1.54, 1.807) is 0 Å². The maximum Gasteiger partial charge on any atom is 0.0403 e. The number of hydrogen-bond donors (Lipinski definition) is 0. The molecule has 0 aromatic carbocycles. The van der Waals surface area contributed by atoms with E-state index in [9.17, 15) is 0 Å². The lowest BCUT2D eigenvalue weighted by Gasteiger charge is -2.28. The van der Waals surface area contributed by atoms with Gasteiger partial charge in [-0.3, -0.25) is 4.98 Å². The zero-order valence-electron chi connectivity index (χ0n) is 8.82. The Labute approximate surface area is 85.1 Å². The Bertz CT molecular complexity index is 296. The molecule has 3 nitrogen and oxygen atoms in total. The Morgan fingerprint density at radius 3 is 2.21 bits per heavy atom. The summed E-state index contributed by atoms with van der Waals surface area (Å²) < 4.78 is 0. The lowest BCUT2D eigenvalue weighted by Crippen LogP contribution is -2.40. The first-order valence-electron chi connectivity index (χ1n) is 5.09. The molecule has 2 rings (SSSR count). The number of hydrogen-bond acceptors (Lipinski definition) is 2. The summed E-state index contributed by atoms with van der Waals surface area (Å²) in [6.07, 6.45) is 0. The molecule has 0 atom stereocenters. The van der Waals surface area contributed by atoms with E-state index in [1.807, 2.05) is 13.8 Å². The predicted molar refractivity (Wildman–Crippen MR) is 57.8 cm³/mol. The minimum absolute atomic E-state index is 0.959. The highest BCUT2D eigenvalue weighted by Gasteiger charge is 2.11. The van der Waals surface area contributed by atoms with Gasteiger partial charge in [-0.25, -0.2) is 5.32 Å². The number of piperazine rings is 1. The fourth-order valence-electron chi connectivity index (χ4n) is 1.86. The van der Waals surface area contributed by atoms with Crippen LogP contribution < -0.4 is 10.2 Å². The van der Waals surface area contributed by atoms with Crippen molar-refractivity contribution in [1.29, 1.82) is 0 Å². The number of nitrogens with zero attached hydrogens (tertiary/aromatic N) is 3. The molecule has 0 aliphatic carbocycles. The molecule has 75 valence electrons. The van der Waals surface area contributed by atoms with Crippen LogP contribution in [0.4, 0.5) is 5.69 Å². The van der Waals surface area contributed by atoms with Crippen LogP contribution in [0, 0.1) is 13.8 Å². The van der Waals surface area contributed by atoms with Crippen LogP contribution in [-0.4, -0.2) is 31.2 Å². The quantitative estimate of drug-likeness (QED) is 0.664. The van der Waals surface area contributed by atoms with Crippen molar-refractivity contribution >= 4 is 5.69 Å². The van der Waals surface area contributed by atoms with Crippen LogP contribution in [0.15, 0.2) is 12.1 Å². The molecule has 3 heteroatoms. The molecule has 0 unspecified atom stereocenters. The van der Waals surface area contributed by atoms with Crippen LogP contribution in [0.2, 0.25) is 0 Å². The molecule has 0 bridgehead atoms. The number of pyridine rings is 1. The van der Waals surface area contributed by atoms with Gasteiger partial charge in [0.2, 0.25) is 0 Å². The Balaban J connectivity index is 2.21. The van der Waals surface area contributed by atoms with E-state index in [2.05, 4.69) is 27.3 Å². The maximum absolute atomic E-state index is 4.38. The summed E-state index contributed by atoms with van der Waals surface area (Å²) in [5.74, 6) is 0. The van der Waals surface area contributed by atoms with Gasteiger partial charge in [-0.05, 0) is 26.0 Å². The molecular formula is C11H16N3. The summed E-state index contributed by atoms with van der Waals surface area (Å²) in [5.41, 5.74) is 3.50. The highest BCUT2D eigenvalue weighted by atomic mass is 15.2. The first-order valence-corrected chi connectivity index (χ1v) is 5.09. The molecule has 0 N–H and O–H groups in total. The second-order valence-electron chi connectivity index (χ2n) is 3.77. The largest absolute Gasteiger partial charge is 0.369 e. The Morgan fingerprint density at radius 2 is 1.64 bits per heavy atom. The van der Waals surface area contributed by atoms with Crippen LogP contribution in [-0.2, 0) is 0 Å². The number of aryl methyl sites for hydroxylation is 2. The summed E-state index contributed by atoms with van der Waals surface area (Å²) in [6, 6.07) is 4.30. The number of rotatable bonds is 1. The van der Waals surface area contributed by atoms with Gasteiger partial charge in [-0.1, -0.05) is 0 Å². The first kappa shape index (κ1) is 9.46. The molecule has 14 heavy (non-hydrogen) atoms. The number of aromatic nitrogens is 1. The molecule has 0 saturated carbocycles. The van der Waals surface area contributed by atoms with Crippen molar-refractivity contribution in [3.05, 3.63) is 23.5 Å². The van der Waals surface area contributed by atoms with Gasteiger partial charge in [0, 0.05) is 43.3 Å². The van der Waals surface area contributed by atoms with Crippen molar-refractivity contribution in [1.82, 2.24) is 10.3 Å². The zero-order valence-corrected chi connectivity index (χ0v) is 8.82. The molecule has 1 saturated heterocycles. The van der Waals surface area contributed by atoms with Gasteiger partial charge < -0.3 is 4.90 Å². The summed E-state index contributed by atoms with van der Waals surface area (Å²) in [4.78, 5) is 6.76. The van der Waals surface area contributed by atoms with E-state index < -0.39 is 0 Å². The summed E-state index contributed by atoms with van der Waals surface area (Å²) >= 11 is 0. The second-order valence-corrected chi connectivity index (χ2v) is 3.77. The molecule has 1 aromatic rings. The van der Waals surface area contributed by atoms with E-state index in [1.165, 1.54) is 5.69 Å². The van der Waals surface area contributed by atoms with Gasteiger partial charge in [0.1, 0.15) is 0 Å². The molecule has 0 spiro atoms. The van der Waals surface area contributed by atoms with E-state index >= 15 is 0 Å². The molecule has 1 aliphatic rings. The third kappa shape index (κ3) is 2.04. The molecule has 0 amide bonds. The van der Waals surface area contributed by atoms with Gasteiger partial charge in [0.15, 0.2) is 0 Å².